The second kappa shape index (κ2) is 8.71. The third-order valence-electron chi connectivity index (χ3n) is 5.57. The molecule has 0 radical (unpaired) electrons. The van der Waals surface area contributed by atoms with Gasteiger partial charge in [0.05, 0.1) is 26.9 Å². The van der Waals surface area contributed by atoms with Crippen LogP contribution in [0.25, 0.3) is 5.57 Å². The van der Waals surface area contributed by atoms with Crippen molar-refractivity contribution in [3.8, 4) is 17.2 Å². The van der Waals surface area contributed by atoms with Gasteiger partial charge in [0, 0.05) is 37.8 Å². The highest BCUT2D eigenvalue weighted by atomic mass is 32.2. The number of rotatable bonds is 6. The zero-order chi connectivity index (χ0) is 20.3. The summed E-state index contributed by atoms with van der Waals surface area (Å²) in [6.07, 6.45) is 5.50. The summed E-state index contributed by atoms with van der Waals surface area (Å²) in [5.74, 6) is 1.96. The molecule has 0 unspecified atom stereocenters. The lowest BCUT2D eigenvalue weighted by molar-refractivity contribution is 0.247. The Balaban J connectivity index is 1.86. The number of piperidine rings is 1. The van der Waals surface area contributed by atoms with Gasteiger partial charge < -0.3 is 14.2 Å². The van der Waals surface area contributed by atoms with Gasteiger partial charge >= 0.3 is 0 Å². The van der Waals surface area contributed by atoms with E-state index in [1.54, 1.807) is 29.9 Å². The average Bonchev–Trinajstić information content (AvgIpc) is 2.72. The molecule has 7 nitrogen and oxygen atoms in total. The Hall–Kier alpha value is -1.77. The van der Waals surface area contributed by atoms with E-state index in [-0.39, 0.29) is 6.04 Å². The Kier molecular flexibility index (Phi) is 6.52. The summed E-state index contributed by atoms with van der Waals surface area (Å²) in [5, 5.41) is 0. The van der Waals surface area contributed by atoms with Gasteiger partial charge in [-0.1, -0.05) is 12.5 Å². The molecule has 0 saturated carbocycles. The predicted molar refractivity (Wildman–Crippen MR) is 109 cm³/mol. The molecule has 0 spiro atoms. The van der Waals surface area contributed by atoms with E-state index in [1.807, 2.05) is 25.1 Å². The summed E-state index contributed by atoms with van der Waals surface area (Å²) < 4.78 is 45.8. The van der Waals surface area contributed by atoms with Gasteiger partial charge in [-0.05, 0) is 31.8 Å². The van der Waals surface area contributed by atoms with E-state index in [0.29, 0.717) is 43.3 Å². The number of hydrogen-bond donors (Lipinski definition) is 0. The van der Waals surface area contributed by atoms with E-state index in [2.05, 4.69) is 0 Å². The summed E-state index contributed by atoms with van der Waals surface area (Å²) in [6.45, 7) is 3.39. The molecule has 8 heteroatoms. The molecule has 0 N–H and O–H groups in total. The predicted octanol–water partition coefficient (Wildman–Crippen LogP) is 2.92. The first kappa shape index (κ1) is 21.0. The Bertz CT molecular complexity index is 812. The van der Waals surface area contributed by atoms with Gasteiger partial charge in [-0.25, -0.2) is 0 Å². The van der Waals surface area contributed by atoms with Crippen LogP contribution in [0, 0.1) is 0 Å². The molecule has 3 rings (SSSR count). The standard InChI is InChI=1S/C20H30N2O5S/c1-15-7-5-6-10-22(15)28(23,24)21-11-8-16(9-12-21)20-18(26-3)13-17(25-2)14-19(20)27-4/h8,13-15H,5-7,9-12H2,1-4H3/t15-/m0/s1. The fraction of sp³-hybridized carbons (Fsp3) is 0.600. The highest BCUT2D eigenvalue weighted by Crippen LogP contribution is 2.41. The van der Waals surface area contributed by atoms with Crippen LogP contribution < -0.4 is 14.2 Å². The molecule has 1 aromatic carbocycles. The lowest BCUT2D eigenvalue weighted by Crippen LogP contribution is -2.50. The molecule has 0 aromatic heterocycles. The fourth-order valence-corrected chi connectivity index (χ4v) is 5.77. The summed E-state index contributed by atoms with van der Waals surface area (Å²) in [6, 6.07) is 3.69. The zero-order valence-corrected chi connectivity index (χ0v) is 17.9. The maximum Gasteiger partial charge on any atom is 0.282 e. The number of benzene rings is 1. The van der Waals surface area contributed by atoms with Crippen molar-refractivity contribution < 1.29 is 22.6 Å². The van der Waals surface area contributed by atoms with Crippen LogP contribution in [0.15, 0.2) is 18.2 Å². The van der Waals surface area contributed by atoms with Crippen LogP contribution in [-0.4, -0.2) is 64.0 Å². The van der Waals surface area contributed by atoms with Crippen molar-refractivity contribution >= 4 is 15.8 Å². The Morgan fingerprint density at radius 1 is 1.00 bits per heavy atom. The molecule has 1 fully saturated rings. The van der Waals surface area contributed by atoms with E-state index in [0.717, 1.165) is 30.4 Å². The molecule has 2 aliphatic heterocycles. The van der Waals surface area contributed by atoms with Crippen molar-refractivity contribution in [1.82, 2.24) is 8.61 Å². The lowest BCUT2D eigenvalue weighted by atomic mass is 9.98. The Morgan fingerprint density at radius 3 is 2.18 bits per heavy atom. The first-order valence-corrected chi connectivity index (χ1v) is 11.1. The molecular weight excluding hydrogens is 380 g/mol. The largest absolute Gasteiger partial charge is 0.496 e. The molecule has 1 atom stereocenters. The van der Waals surface area contributed by atoms with E-state index in [4.69, 9.17) is 14.2 Å². The van der Waals surface area contributed by atoms with E-state index >= 15 is 0 Å². The lowest BCUT2D eigenvalue weighted by Gasteiger charge is -2.37. The van der Waals surface area contributed by atoms with Gasteiger partial charge in [-0.15, -0.1) is 0 Å². The van der Waals surface area contributed by atoms with Crippen molar-refractivity contribution in [2.45, 2.75) is 38.6 Å². The summed E-state index contributed by atoms with van der Waals surface area (Å²) in [5.41, 5.74) is 1.88. The molecule has 0 aliphatic carbocycles. The monoisotopic (exact) mass is 410 g/mol. The maximum atomic E-state index is 13.1. The minimum atomic E-state index is -3.44. The van der Waals surface area contributed by atoms with Crippen LogP contribution in [-0.2, 0) is 10.2 Å². The van der Waals surface area contributed by atoms with Gasteiger partial charge in [-0.2, -0.15) is 17.0 Å². The number of ether oxygens (including phenoxy) is 3. The van der Waals surface area contributed by atoms with E-state index < -0.39 is 10.2 Å². The SMILES string of the molecule is COc1cc(OC)c(C2=CCN(S(=O)(=O)N3CCCC[C@@H]3C)CC2)c(OC)c1. The highest BCUT2D eigenvalue weighted by Gasteiger charge is 2.35. The molecule has 2 aliphatic rings. The topological polar surface area (TPSA) is 68.3 Å². The maximum absolute atomic E-state index is 13.1. The Labute approximate surface area is 168 Å². The first-order chi connectivity index (χ1) is 13.4. The van der Waals surface area contributed by atoms with Crippen molar-refractivity contribution in [3.05, 3.63) is 23.8 Å². The van der Waals surface area contributed by atoms with Crippen LogP contribution in [0.1, 0.15) is 38.2 Å². The summed E-state index contributed by atoms with van der Waals surface area (Å²) >= 11 is 0. The third-order valence-corrected chi connectivity index (χ3v) is 7.69. The number of nitrogens with zero attached hydrogens (tertiary/aromatic N) is 2. The molecule has 156 valence electrons. The normalized spacial score (nSPS) is 21.9. The van der Waals surface area contributed by atoms with E-state index in [9.17, 15) is 8.42 Å². The fourth-order valence-electron chi connectivity index (χ4n) is 3.97. The van der Waals surface area contributed by atoms with E-state index in [1.165, 1.54) is 0 Å². The molecule has 0 bridgehead atoms. The van der Waals surface area contributed by atoms with Gasteiger partial charge in [0.15, 0.2) is 0 Å². The van der Waals surface area contributed by atoms with Crippen LogP contribution in [0.3, 0.4) is 0 Å². The van der Waals surface area contributed by atoms with Crippen molar-refractivity contribution in [2.75, 3.05) is 41.0 Å². The van der Waals surface area contributed by atoms with Crippen LogP contribution in [0.4, 0.5) is 0 Å². The second-order valence-corrected chi connectivity index (χ2v) is 9.09. The third kappa shape index (κ3) is 3.99. The summed E-state index contributed by atoms with van der Waals surface area (Å²) in [4.78, 5) is 0. The minimum absolute atomic E-state index is 0.0610. The van der Waals surface area contributed by atoms with Gasteiger partial charge in [0.2, 0.25) is 0 Å². The highest BCUT2D eigenvalue weighted by molar-refractivity contribution is 7.86. The van der Waals surface area contributed by atoms with Gasteiger partial charge in [0.25, 0.3) is 10.2 Å². The van der Waals surface area contributed by atoms with Gasteiger partial charge in [-0.3, -0.25) is 0 Å². The molecular formula is C20H30N2O5S. The number of hydrogen-bond acceptors (Lipinski definition) is 5. The smallest absolute Gasteiger partial charge is 0.282 e. The Morgan fingerprint density at radius 2 is 1.68 bits per heavy atom. The second-order valence-electron chi connectivity index (χ2n) is 7.21. The number of methoxy groups -OCH3 is 3. The molecule has 1 aromatic rings. The molecule has 28 heavy (non-hydrogen) atoms. The quantitative estimate of drug-likeness (QED) is 0.721. The van der Waals surface area contributed by atoms with Crippen LogP contribution in [0.2, 0.25) is 0 Å². The molecule has 2 heterocycles. The van der Waals surface area contributed by atoms with Crippen molar-refractivity contribution in [1.29, 1.82) is 0 Å². The van der Waals surface area contributed by atoms with Gasteiger partial charge in [0.1, 0.15) is 17.2 Å². The summed E-state index contributed by atoms with van der Waals surface area (Å²) in [7, 11) is 1.37. The minimum Gasteiger partial charge on any atom is -0.496 e. The average molecular weight is 411 g/mol. The zero-order valence-electron chi connectivity index (χ0n) is 17.1. The molecule has 0 amide bonds. The molecule has 1 saturated heterocycles. The van der Waals surface area contributed by atoms with Crippen molar-refractivity contribution in [3.63, 3.8) is 0 Å². The van der Waals surface area contributed by atoms with Crippen LogP contribution >= 0.6 is 0 Å². The van der Waals surface area contributed by atoms with Crippen LogP contribution in [0.5, 0.6) is 17.2 Å². The first-order valence-electron chi connectivity index (χ1n) is 9.68. The van der Waals surface area contributed by atoms with Crippen molar-refractivity contribution in [2.24, 2.45) is 0 Å².